The van der Waals surface area contributed by atoms with E-state index in [9.17, 15) is 16.8 Å². The highest BCUT2D eigenvalue weighted by Crippen LogP contribution is 2.34. The van der Waals surface area contributed by atoms with E-state index in [2.05, 4.69) is 19.4 Å². The van der Waals surface area contributed by atoms with E-state index in [4.69, 9.17) is 20.4 Å². The summed E-state index contributed by atoms with van der Waals surface area (Å²) in [5.74, 6) is 1.02. The minimum atomic E-state index is -3.84. The van der Waals surface area contributed by atoms with Crippen molar-refractivity contribution < 1.29 is 25.7 Å². The van der Waals surface area contributed by atoms with Crippen LogP contribution < -0.4 is 9.44 Å². The zero-order valence-corrected chi connectivity index (χ0v) is 35.4. The predicted octanol–water partition coefficient (Wildman–Crippen LogP) is 11.0. The van der Waals surface area contributed by atoms with Gasteiger partial charge in [-0.2, -0.15) is 0 Å². The highest BCUT2D eigenvalue weighted by molar-refractivity contribution is 7.93. The largest absolute Gasteiger partial charge is 0.423 e. The number of rotatable bonds is 12. The van der Waals surface area contributed by atoms with Crippen molar-refractivity contribution in [2.75, 3.05) is 9.44 Å². The van der Waals surface area contributed by atoms with Gasteiger partial charge in [0.25, 0.3) is 20.0 Å². The van der Waals surface area contributed by atoms with Crippen LogP contribution in [0.25, 0.3) is 22.5 Å². The Kier molecular flexibility index (Phi) is 12.6. The molecule has 13 heteroatoms. The summed E-state index contributed by atoms with van der Waals surface area (Å²) in [6.45, 7) is 5.94. The Morgan fingerprint density at radius 1 is 0.483 bits per heavy atom. The number of hydrogen-bond donors (Lipinski definition) is 2. The summed E-state index contributed by atoms with van der Waals surface area (Å²) in [5.41, 5.74) is 7.53. The number of sulfonamides is 2. The standard InChI is InChI=1S/C24H22N2O3S.C23H19ClN2O3S/c1-17-13-14-20(15-18(17)2)23-24(26-30(27,28)21-11-7-4-8-12-21)29-22(25-23)16-19-9-5-3-6-10-19;1-16-12-13-18(15-20(16)24)22-23(26-30(27,28)19-10-6-3-7-11-19)29-21(25-22)14-17-8-4-2-5-9-17/h3-15,26H,16H2,1-2H3;2-13,15,26H,14H2,1H3. The molecule has 0 saturated carbocycles. The Balaban J connectivity index is 0.000000181. The molecule has 0 amide bonds. The van der Waals surface area contributed by atoms with Crippen LogP contribution in [0.3, 0.4) is 0 Å². The fourth-order valence-corrected chi connectivity index (χ4v) is 8.35. The van der Waals surface area contributed by atoms with Gasteiger partial charge in [-0.3, -0.25) is 0 Å². The lowest BCUT2D eigenvalue weighted by Crippen LogP contribution is -2.13. The third-order valence-electron chi connectivity index (χ3n) is 9.53. The van der Waals surface area contributed by atoms with E-state index < -0.39 is 20.0 Å². The Morgan fingerprint density at radius 2 is 0.867 bits per heavy atom. The maximum absolute atomic E-state index is 12.9. The van der Waals surface area contributed by atoms with Crippen LogP contribution in [0, 0.1) is 20.8 Å². The van der Waals surface area contributed by atoms with Crippen LogP contribution in [0.1, 0.15) is 39.6 Å². The van der Waals surface area contributed by atoms with Crippen molar-refractivity contribution in [2.45, 2.75) is 43.4 Å². The average molecular weight is 857 g/mol. The monoisotopic (exact) mass is 856 g/mol. The second-order valence-electron chi connectivity index (χ2n) is 14.0. The van der Waals surface area contributed by atoms with Crippen molar-refractivity contribution in [3.63, 3.8) is 0 Å². The Morgan fingerprint density at radius 3 is 1.27 bits per heavy atom. The third-order valence-corrected chi connectivity index (χ3v) is 12.6. The molecule has 2 heterocycles. The van der Waals surface area contributed by atoms with Crippen molar-refractivity contribution in [3.05, 3.63) is 202 Å². The van der Waals surface area contributed by atoms with Gasteiger partial charge in [0.1, 0.15) is 11.4 Å². The molecule has 8 aromatic rings. The van der Waals surface area contributed by atoms with Gasteiger partial charge in [-0.15, -0.1) is 0 Å². The van der Waals surface area contributed by atoms with Crippen molar-refractivity contribution in [2.24, 2.45) is 0 Å². The maximum Gasteiger partial charge on any atom is 0.264 e. The van der Waals surface area contributed by atoms with Gasteiger partial charge in [0, 0.05) is 29.0 Å². The van der Waals surface area contributed by atoms with Crippen LogP contribution >= 0.6 is 11.6 Å². The summed E-state index contributed by atoms with van der Waals surface area (Å²) >= 11 is 6.28. The molecule has 0 atom stereocenters. The molecule has 0 spiro atoms. The van der Waals surface area contributed by atoms with Gasteiger partial charge in [0.05, 0.1) is 9.79 Å². The molecule has 6 aromatic carbocycles. The van der Waals surface area contributed by atoms with E-state index >= 15 is 0 Å². The lowest BCUT2D eigenvalue weighted by Gasteiger charge is -2.08. The molecule has 0 saturated heterocycles. The van der Waals surface area contributed by atoms with Crippen LogP contribution in [-0.4, -0.2) is 26.8 Å². The Hall–Kier alpha value is -6.47. The number of aromatic nitrogens is 2. The van der Waals surface area contributed by atoms with Gasteiger partial charge < -0.3 is 8.83 Å². The van der Waals surface area contributed by atoms with Gasteiger partial charge >= 0.3 is 0 Å². The quantitative estimate of drug-likeness (QED) is 0.124. The van der Waals surface area contributed by atoms with Crippen LogP contribution in [0.2, 0.25) is 5.02 Å². The van der Waals surface area contributed by atoms with Gasteiger partial charge in [0.15, 0.2) is 0 Å². The summed E-state index contributed by atoms with van der Waals surface area (Å²) in [5, 5.41) is 0.567. The van der Waals surface area contributed by atoms with Crippen LogP contribution in [0.15, 0.2) is 176 Å². The minimum absolute atomic E-state index is 0.0599. The molecule has 2 aromatic heterocycles. The van der Waals surface area contributed by atoms with Gasteiger partial charge in [0.2, 0.25) is 23.5 Å². The summed E-state index contributed by atoms with van der Waals surface area (Å²) in [4.78, 5) is 9.50. The van der Waals surface area contributed by atoms with Gasteiger partial charge in [-0.1, -0.05) is 133 Å². The van der Waals surface area contributed by atoms with E-state index in [0.29, 0.717) is 46.6 Å². The first-order valence-electron chi connectivity index (χ1n) is 18.9. The summed E-state index contributed by atoms with van der Waals surface area (Å²) in [6.07, 6.45) is 0.895. The first-order valence-corrected chi connectivity index (χ1v) is 22.3. The van der Waals surface area contributed by atoms with Crippen LogP contribution in [-0.2, 0) is 32.9 Å². The molecule has 304 valence electrons. The maximum atomic E-state index is 12.9. The summed E-state index contributed by atoms with van der Waals surface area (Å²) in [7, 11) is -7.64. The minimum Gasteiger partial charge on any atom is -0.423 e. The number of benzene rings is 6. The first-order chi connectivity index (χ1) is 28.8. The molecule has 0 aliphatic heterocycles. The third kappa shape index (κ3) is 10.2. The second-order valence-corrected chi connectivity index (χ2v) is 17.8. The summed E-state index contributed by atoms with van der Waals surface area (Å²) in [6, 6.07) is 47.2. The molecule has 0 bridgehead atoms. The van der Waals surface area contributed by atoms with E-state index in [1.165, 1.54) is 12.1 Å². The molecule has 0 fully saturated rings. The average Bonchev–Trinajstić information content (AvgIpc) is 3.83. The zero-order chi connectivity index (χ0) is 42.3. The highest BCUT2D eigenvalue weighted by Gasteiger charge is 2.24. The lowest BCUT2D eigenvalue weighted by atomic mass is 10.0. The highest BCUT2D eigenvalue weighted by atomic mass is 35.5. The van der Waals surface area contributed by atoms with E-state index in [-0.39, 0.29) is 21.6 Å². The molecule has 0 radical (unpaired) electrons. The first kappa shape index (κ1) is 41.7. The molecular weight excluding hydrogens is 816 g/mol. The molecule has 0 unspecified atom stereocenters. The molecular formula is C47H41ClN4O6S2. The Labute approximate surface area is 355 Å². The fourth-order valence-electron chi connectivity index (χ4n) is 6.14. The predicted molar refractivity (Wildman–Crippen MR) is 236 cm³/mol. The van der Waals surface area contributed by atoms with Crippen molar-refractivity contribution in [1.82, 2.24) is 9.97 Å². The van der Waals surface area contributed by atoms with Gasteiger partial charge in [-0.25, -0.2) is 36.2 Å². The molecule has 10 nitrogen and oxygen atoms in total. The molecule has 8 rings (SSSR count). The molecule has 0 aliphatic rings. The van der Waals surface area contributed by atoms with E-state index in [1.807, 2.05) is 112 Å². The second kappa shape index (κ2) is 18.2. The number of anilines is 2. The number of oxazole rings is 2. The molecule has 0 aliphatic carbocycles. The number of nitrogens with one attached hydrogen (secondary N) is 2. The fraction of sp³-hybridized carbons (Fsp3) is 0.106. The topological polar surface area (TPSA) is 144 Å². The lowest BCUT2D eigenvalue weighted by molar-refractivity contribution is 0.520. The van der Waals surface area contributed by atoms with E-state index in [0.717, 1.165) is 33.4 Å². The van der Waals surface area contributed by atoms with Crippen LogP contribution in [0.4, 0.5) is 11.8 Å². The van der Waals surface area contributed by atoms with Crippen LogP contribution in [0.5, 0.6) is 0 Å². The number of aryl methyl sites for hydroxylation is 3. The Bertz CT molecular complexity index is 2740. The van der Waals surface area contributed by atoms with Crippen molar-refractivity contribution in [1.29, 1.82) is 0 Å². The van der Waals surface area contributed by atoms with Gasteiger partial charge in [-0.05, 0) is 85.0 Å². The normalized spacial score (nSPS) is 11.4. The number of nitrogens with zero attached hydrogens (tertiary/aromatic N) is 2. The summed E-state index contributed by atoms with van der Waals surface area (Å²) < 4.78 is 68.3. The van der Waals surface area contributed by atoms with Crippen molar-refractivity contribution in [3.8, 4) is 22.5 Å². The zero-order valence-electron chi connectivity index (χ0n) is 33.0. The van der Waals surface area contributed by atoms with Crippen molar-refractivity contribution >= 4 is 43.4 Å². The SMILES string of the molecule is Cc1ccc(-c2nc(Cc3ccccc3)oc2NS(=O)(=O)c2ccccc2)cc1C.Cc1ccc(-c2nc(Cc3ccccc3)oc2NS(=O)(=O)c2ccccc2)cc1Cl. The number of halogens is 1. The molecule has 2 N–H and O–H groups in total. The van der Waals surface area contributed by atoms with E-state index in [1.54, 1.807) is 54.6 Å². The molecule has 60 heavy (non-hydrogen) atoms. The smallest absolute Gasteiger partial charge is 0.264 e. The number of hydrogen-bond acceptors (Lipinski definition) is 8.